The van der Waals surface area contributed by atoms with Gasteiger partial charge in [-0.15, -0.1) is 24.0 Å². The number of carbonyl (C=O) groups is 1. The van der Waals surface area contributed by atoms with Crippen molar-refractivity contribution >= 4 is 41.5 Å². The van der Waals surface area contributed by atoms with Crippen LogP contribution in [0.4, 0.5) is 5.69 Å². The van der Waals surface area contributed by atoms with Crippen LogP contribution in [0.25, 0.3) is 0 Å². The average molecular weight is 404 g/mol. The Balaban J connectivity index is 0.00000220. The molecule has 1 heterocycles. The first-order chi connectivity index (χ1) is 9.65. The summed E-state index contributed by atoms with van der Waals surface area (Å²) in [4.78, 5) is 17.4. The molecular formula is C14H21IN4O2. The van der Waals surface area contributed by atoms with Crippen molar-refractivity contribution in [1.82, 2.24) is 4.90 Å². The Labute approximate surface area is 141 Å². The lowest BCUT2D eigenvalue weighted by molar-refractivity contribution is -0.114. The van der Waals surface area contributed by atoms with Crippen LogP contribution in [0.2, 0.25) is 0 Å². The molecule has 1 fully saturated rings. The third kappa shape index (κ3) is 5.88. The van der Waals surface area contributed by atoms with E-state index in [2.05, 4.69) is 10.3 Å². The van der Waals surface area contributed by atoms with Gasteiger partial charge < -0.3 is 20.7 Å². The molecule has 1 aromatic rings. The number of ether oxygens (including phenoxy) is 1. The fraction of sp³-hybridized carbons (Fsp3) is 0.429. The van der Waals surface area contributed by atoms with Crippen LogP contribution in [0.5, 0.6) is 0 Å². The highest BCUT2D eigenvalue weighted by Crippen LogP contribution is 2.11. The summed E-state index contributed by atoms with van der Waals surface area (Å²) in [7, 11) is 0. The number of guanidine groups is 1. The molecular weight excluding hydrogens is 383 g/mol. The molecule has 0 aliphatic carbocycles. The van der Waals surface area contributed by atoms with Crippen molar-refractivity contribution in [3.63, 3.8) is 0 Å². The molecule has 116 valence electrons. The molecule has 1 saturated heterocycles. The Morgan fingerprint density at radius 2 is 2.14 bits per heavy atom. The molecule has 0 saturated carbocycles. The van der Waals surface area contributed by atoms with Gasteiger partial charge in [-0.1, -0.05) is 12.1 Å². The van der Waals surface area contributed by atoms with Gasteiger partial charge in [-0.3, -0.25) is 4.79 Å². The molecule has 0 atom stereocenters. The zero-order valence-electron chi connectivity index (χ0n) is 12.0. The molecule has 21 heavy (non-hydrogen) atoms. The first-order valence-corrected chi connectivity index (χ1v) is 6.64. The molecule has 0 unspecified atom stereocenters. The summed E-state index contributed by atoms with van der Waals surface area (Å²) >= 11 is 0. The van der Waals surface area contributed by atoms with E-state index in [-0.39, 0.29) is 29.9 Å². The second kappa shape index (κ2) is 8.83. The highest BCUT2D eigenvalue weighted by molar-refractivity contribution is 14.0. The van der Waals surface area contributed by atoms with E-state index in [0.717, 1.165) is 24.3 Å². The fourth-order valence-electron chi connectivity index (χ4n) is 2.02. The summed E-state index contributed by atoms with van der Waals surface area (Å²) in [5, 5.41) is 2.75. The van der Waals surface area contributed by atoms with Crippen LogP contribution in [0.3, 0.4) is 0 Å². The molecule has 0 aromatic heterocycles. The fourth-order valence-corrected chi connectivity index (χ4v) is 2.02. The summed E-state index contributed by atoms with van der Waals surface area (Å²) in [5.74, 6) is 0.455. The summed E-state index contributed by atoms with van der Waals surface area (Å²) in [5.41, 5.74) is 7.75. The van der Waals surface area contributed by atoms with Crippen LogP contribution < -0.4 is 11.1 Å². The van der Waals surface area contributed by atoms with Crippen LogP contribution in [0.15, 0.2) is 29.3 Å². The number of carbonyl (C=O) groups excluding carboxylic acids is 1. The Morgan fingerprint density at radius 3 is 2.81 bits per heavy atom. The lowest BCUT2D eigenvalue weighted by atomic mass is 10.2. The van der Waals surface area contributed by atoms with Gasteiger partial charge in [0.05, 0.1) is 19.8 Å². The molecule has 0 spiro atoms. The van der Waals surface area contributed by atoms with E-state index >= 15 is 0 Å². The molecule has 0 bridgehead atoms. The second-order valence-corrected chi connectivity index (χ2v) is 4.66. The molecule has 1 aliphatic rings. The van der Waals surface area contributed by atoms with Crippen molar-refractivity contribution < 1.29 is 9.53 Å². The number of nitrogens with two attached hydrogens (primary N) is 1. The second-order valence-electron chi connectivity index (χ2n) is 4.66. The minimum atomic E-state index is -0.0847. The summed E-state index contributed by atoms with van der Waals surface area (Å²) in [6.07, 6.45) is 0. The standard InChI is InChI=1S/C14H20N4O2.HI/c1-11(19)17-13-4-2-3-12(9-13)10-16-14(15)18-5-7-20-8-6-18;/h2-4,9H,5-8,10H2,1H3,(H2,15,16)(H,17,19);1H. The van der Waals surface area contributed by atoms with Crippen molar-refractivity contribution in [2.75, 3.05) is 31.6 Å². The smallest absolute Gasteiger partial charge is 0.221 e. The van der Waals surface area contributed by atoms with E-state index in [1.165, 1.54) is 6.92 Å². The van der Waals surface area contributed by atoms with E-state index in [1.54, 1.807) is 0 Å². The Bertz CT molecular complexity index is 502. The number of morpholine rings is 1. The number of nitrogens with zero attached hydrogens (tertiary/aromatic N) is 2. The van der Waals surface area contributed by atoms with Crippen molar-refractivity contribution in [3.8, 4) is 0 Å². The molecule has 7 heteroatoms. The summed E-state index contributed by atoms with van der Waals surface area (Å²) in [6, 6.07) is 7.60. The molecule has 0 radical (unpaired) electrons. The maximum Gasteiger partial charge on any atom is 0.221 e. The van der Waals surface area contributed by atoms with Crippen molar-refractivity contribution in [3.05, 3.63) is 29.8 Å². The number of benzene rings is 1. The number of anilines is 1. The van der Waals surface area contributed by atoms with E-state index in [4.69, 9.17) is 10.5 Å². The van der Waals surface area contributed by atoms with Crippen LogP contribution in [-0.4, -0.2) is 43.1 Å². The minimum absolute atomic E-state index is 0. The predicted octanol–water partition coefficient (Wildman–Crippen LogP) is 1.41. The zero-order chi connectivity index (χ0) is 14.4. The van der Waals surface area contributed by atoms with Crippen LogP contribution in [-0.2, 0) is 16.1 Å². The number of amides is 1. The van der Waals surface area contributed by atoms with Gasteiger partial charge >= 0.3 is 0 Å². The van der Waals surface area contributed by atoms with Crippen molar-refractivity contribution in [2.45, 2.75) is 13.5 Å². The summed E-state index contributed by atoms with van der Waals surface area (Å²) < 4.78 is 5.27. The normalized spacial score (nSPS) is 15.3. The van der Waals surface area contributed by atoms with Gasteiger partial charge in [0.15, 0.2) is 5.96 Å². The van der Waals surface area contributed by atoms with Gasteiger partial charge in [0.25, 0.3) is 0 Å². The van der Waals surface area contributed by atoms with E-state index in [0.29, 0.717) is 25.7 Å². The number of rotatable bonds is 3. The maximum absolute atomic E-state index is 11.0. The van der Waals surface area contributed by atoms with Gasteiger partial charge in [0.1, 0.15) is 0 Å². The Kier molecular flexibility index (Phi) is 7.44. The van der Waals surface area contributed by atoms with Crippen molar-refractivity contribution in [2.24, 2.45) is 10.7 Å². The number of hydrogen-bond donors (Lipinski definition) is 2. The largest absolute Gasteiger partial charge is 0.378 e. The number of aliphatic imine (C=N–C) groups is 1. The first-order valence-electron chi connectivity index (χ1n) is 6.64. The predicted molar refractivity (Wildman–Crippen MR) is 93.9 cm³/mol. The van der Waals surface area contributed by atoms with E-state index < -0.39 is 0 Å². The molecule has 1 amide bonds. The van der Waals surface area contributed by atoms with Crippen LogP contribution in [0.1, 0.15) is 12.5 Å². The third-order valence-electron chi connectivity index (χ3n) is 3.01. The molecule has 1 aromatic carbocycles. The van der Waals surface area contributed by atoms with Gasteiger partial charge in [-0.05, 0) is 17.7 Å². The molecule has 2 rings (SSSR count). The lowest BCUT2D eigenvalue weighted by Crippen LogP contribution is -2.44. The number of hydrogen-bond acceptors (Lipinski definition) is 3. The summed E-state index contributed by atoms with van der Waals surface area (Å²) in [6.45, 7) is 4.92. The highest BCUT2D eigenvalue weighted by atomic mass is 127. The molecule has 3 N–H and O–H groups in total. The quantitative estimate of drug-likeness (QED) is 0.454. The Morgan fingerprint density at radius 1 is 1.43 bits per heavy atom. The first kappa shape index (κ1) is 17.7. The Hall–Kier alpha value is -1.35. The highest BCUT2D eigenvalue weighted by Gasteiger charge is 2.11. The van der Waals surface area contributed by atoms with Gasteiger partial charge in [-0.25, -0.2) is 4.99 Å². The number of halogens is 1. The van der Waals surface area contributed by atoms with Gasteiger partial charge in [0, 0.05) is 25.7 Å². The topological polar surface area (TPSA) is 80.0 Å². The average Bonchev–Trinajstić information content (AvgIpc) is 2.45. The molecule has 1 aliphatic heterocycles. The van der Waals surface area contributed by atoms with E-state index in [9.17, 15) is 4.79 Å². The van der Waals surface area contributed by atoms with Crippen LogP contribution in [0, 0.1) is 0 Å². The monoisotopic (exact) mass is 404 g/mol. The van der Waals surface area contributed by atoms with Gasteiger partial charge in [-0.2, -0.15) is 0 Å². The van der Waals surface area contributed by atoms with Gasteiger partial charge in [0.2, 0.25) is 5.91 Å². The molecule has 6 nitrogen and oxygen atoms in total. The number of nitrogens with one attached hydrogen (secondary N) is 1. The minimum Gasteiger partial charge on any atom is -0.378 e. The maximum atomic E-state index is 11.0. The SMILES string of the molecule is CC(=O)Nc1cccc(CN=C(N)N2CCOCC2)c1.I. The zero-order valence-corrected chi connectivity index (χ0v) is 14.4. The lowest BCUT2D eigenvalue weighted by Gasteiger charge is -2.27. The van der Waals surface area contributed by atoms with Crippen molar-refractivity contribution in [1.29, 1.82) is 0 Å². The van der Waals surface area contributed by atoms with Crippen LogP contribution >= 0.6 is 24.0 Å². The third-order valence-corrected chi connectivity index (χ3v) is 3.01. The van der Waals surface area contributed by atoms with E-state index in [1.807, 2.05) is 29.2 Å².